The molecule has 3 aromatic carbocycles. The molecule has 0 aliphatic carbocycles. The van der Waals surface area contributed by atoms with Gasteiger partial charge in [0.2, 0.25) is 4.80 Å². The van der Waals surface area contributed by atoms with Crippen LogP contribution < -0.4 is 9.54 Å². The molecule has 0 saturated carbocycles. The number of aromatic hydroxyl groups is 1. The van der Waals surface area contributed by atoms with E-state index in [2.05, 4.69) is 10.2 Å². The number of rotatable bonds is 5. The molecule has 0 aliphatic heterocycles. The third-order valence-corrected chi connectivity index (χ3v) is 5.12. The predicted octanol–water partition coefficient (Wildman–Crippen LogP) is 4.85. The molecule has 0 atom stereocenters. The standard InChI is InChI=1S/C23H19N3O2S/c1-28-21-12-5-7-17(13-21)15-24-25-23-26(19-9-3-2-4-10-19)22(16-29-23)18-8-6-11-20(27)14-18/h2-16,27H,1H3. The van der Waals surface area contributed by atoms with Crippen LogP contribution in [0.5, 0.6) is 11.5 Å². The van der Waals surface area contributed by atoms with Crippen molar-refractivity contribution in [2.75, 3.05) is 7.11 Å². The smallest absolute Gasteiger partial charge is 0.215 e. The quantitative estimate of drug-likeness (QED) is 0.384. The lowest BCUT2D eigenvalue weighted by atomic mass is 10.1. The number of aromatic nitrogens is 1. The number of ether oxygens (including phenoxy) is 1. The third kappa shape index (κ3) is 4.28. The number of benzene rings is 3. The molecule has 0 spiro atoms. The molecule has 0 saturated heterocycles. The number of nitrogens with zero attached hydrogens (tertiary/aromatic N) is 3. The zero-order valence-electron chi connectivity index (χ0n) is 15.8. The highest BCUT2D eigenvalue weighted by molar-refractivity contribution is 7.07. The van der Waals surface area contributed by atoms with E-state index in [0.717, 1.165) is 33.1 Å². The minimum absolute atomic E-state index is 0.225. The highest BCUT2D eigenvalue weighted by atomic mass is 32.1. The van der Waals surface area contributed by atoms with Crippen molar-refractivity contribution < 1.29 is 9.84 Å². The van der Waals surface area contributed by atoms with Gasteiger partial charge in [-0.3, -0.25) is 4.57 Å². The van der Waals surface area contributed by atoms with Gasteiger partial charge in [-0.2, -0.15) is 5.10 Å². The highest BCUT2D eigenvalue weighted by Gasteiger charge is 2.10. The summed E-state index contributed by atoms with van der Waals surface area (Å²) in [7, 11) is 1.64. The van der Waals surface area contributed by atoms with Gasteiger partial charge in [0.25, 0.3) is 0 Å². The second-order valence-corrected chi connectivity index (χ2v) is 7.08. The minimum Gasteiger partial charge on any atom is -0.508 e. The van der Waals surface area contributed by atoms with Gasteiger partial charge in [-0.05, 0) is 42.0 Å². The largest absolute Gasteiger partial charge is 0.508 e. The van der Waals surface area contributed by atoms with Crippen molar-refractivity contribution in [1.29, 1.82) is 0 Å². The number of hydrogen-bond donors (Lipinski definition) is 1. The Labute approximate surface area is 172 Å². The summed E-state index contributed by atoms with van der Waals surface area (Å²) in [5.74, 6) is 0.999. The molecule has 0 amide bonds. The fourth-order valence-corrected chi connectivity index (χ4v) is 3.80. The first-order valence-electron chi connectivity index (χ1n) is 9.01. The zero-order chi connectivity index (χ0) is 20.1. The summed E-state index contributed by atoms with van der Waals surface area (Å²) < 4.78 is 7.27. The first kappa shape index (κ1) is 18.7. The SMILES string of the molecule is COc1cccc(C=NN=c2scc(-c3cccc(O)c3)n2-c2ccccc2)c1. The van der Waals surface area contributed by atoms with Gasteiger partial charge in [-0.15, -0.1) is 16.4 Å². The Morgan fingerprint density at radius 2 is 1.79 bits per heavy atom. The highest BCUT2D eigenvalue weighted by Crippen LogP contribution is 2.26. The van der Waals surface area contributed by atoms with E-state index >= 15 is 0 Å². The number of para-hydroxylation sites is 1. The van der Waals surface area contributed by atoms with Crippen LogP contribution in [0.25, 0.3) is 16.9 Å². The van der Waals surface area contributed by atoms with Crippen LogP contribution in [0.4, 0.5) is 0 Å². The van der Waals surface area contributed by atoms with E-state index in [0.29, 0.717) is 0 Å². The fraction of sp³-hybridized carbons (Fsp3) is 0.0435. The second kappa shape index (κ2) is 8.58. The van der Waals surface area contributed by atoms with Crippen molar-refractivity contribution >= 4 is 17.6 Å². The maximum Gasteiger partial charge on any atom is 0.215 e. The summed E-state index contributed by atoms with van der Waals surface area (Å²) >= 11 is 1.49. The molecule has 1 N–H and O–H groups in total. The Balaban J connectivity index is 1.79. The molecule has 0 radical (unpaired) electrons. The van der Waals surface area contributed by atoms with Crippen LogP contribution in [0.1, 0.15) is 5.56 Å². The fourth-order valence-electron chi connectivity index (χ4n) is 2.94. The summed E-state index contributed by atoms with van der Waals surface area (Å²) in [4.78, 5) is 0.730. The molecule has 0 fully saturated rings. The maximum absolute atomic E-state index is 9.89. The van der Waals surface area contributed by atoms with Crippen LogP contribution in [0, 0.1) is 0 Å². The molecule has 0 aliphatic rings. The van der Waals surface area contributed by atoms with Crippen LogP contribution in [0.3, 0.4) is 0 Å². The van der Waals surface area contributed by atoms with Crippen molar-refractivity contribution in [3.8, 4) is 28.4 Å². The Hall–Kier alpha value is -3.64. The van der Waals surface area contributed by atoms with Crippen molar-refractivity contribution in [3.05, 3.63) is 94.6 Å². The summed E-state index contributed by atoms with van der Waals surface area (Å²) in [5, 5.41) is 20.6. The molecule has 4 rings (SSSR count). The first-order chi connectivity index (χ1) is 14.2. The third-order valence-electron chi connectivity index (χ3n) is 4.31. The average molecular weight is 401 g/mol. The Morgan fingerprint density at radius 1 is 0.966 bits per heavy atom. The number of phenols is 1. The average Bonchev–Trinajstić information content (AvgIpc) is 3.18. The Bertz CT molecular complexity index is 1210. The van der Waals surface area contributed by atoms with E-state index in [4.69, 9.17) is 4.74 Å². The van der Waals surface area contributed by atoms with Crippen LogP contribution in [0.15, 0.2) is 94.4 Å². The van der Waals surface area contributed by atoms with Crippen LogP contribution in [-0.2, 0) is 0 Å². The van der Waals surface area contributed by atoms with Gasteiger partial charge in [0.05, 0.1) is 19.0 Å². The van der Waals surface area contributed by atoms with Crippen LogP contribution in [-0.4, -0.2) is 23.0 Å². The number of hydrogen-bond acceptors (Lipinski definition) is 5. The molecule has 6 heteroatoms. The lowest BCUT2D eigenvalue weighted by Crippen LogP contribution is -2.13. The number of thiazole rings is 1. The summed E-state index contributed by atoms with van der Waals surface area (Å²) in [5.41, 5.74) is 3.72. The molecule has 0 unspecified atom stereocenters. The maximum atomic E-state index is 9.89. The number of phenolic OH excluding ortho intramolecular Hbond substituents is 1. The molecule has 4 aromatic rings. The topological polar surface area (TPSA) is 59.1 Å². The van der Waals surface area contributed by atoms with Crippen LogP contribution in [0.2, 0.25) is 0 Å². The lowest BCUT2D eigenvalue weighted by molar-refractivity contribution is 0.415. The van der Waals surface area contributed by atoms with Crippen molar-refractivity contribution in [2.24, 2.45) is 10.2 Å². The normalized spacial score (nSPS) is 11.8. The molecule has 5 nitrogen and oxygen atoms in total. The van der Waals surface area contributed by atoms with E-state index in [1.807, 2.05) is 76.7 Å². The molecule has 29 heavy (non-hydrogen) atoms. The van der Waals surface area contributed by atoms with E-state index in [1.165, 1.54) is 11.3 Å². The Morgan fingerprint density at radius 3 is 2.59 bits per heavy atom. The lowest BCUT2D eigenvalue weighted by Gasteiger charge is -2.09. The Kier molecular flexibility index (Phi) is 5.54. The van der Waals surface area contributed by atoms with Gasteiger partial charge in [-0.25, -0.2) is 0 Å². The van der Waals surface area contributed by atoms with E-state index < -0.39 is 0 Å². The monoisotopic (exact) mass is 401 g/mol. The second-order valence-electron chi connectivity index (χ2n) is 6.25. The van der Waals surface area contributed by atoms with Gasteiger partial charge in [-0.1, -0.05) is 42.5 Å². The van der Waals surface area contributed by atoms with Crippen molar-refractivity contribution in [2.45, 2.75) is 0 Å². The predicted molar refractivity (Wildman–Crippen MR) is 117 cm³/mol. The van der Waals surface area contributed by atoms with Gasteiger partial charge < -0.3 is 9.84 Å². The van der Waals surface area contributed by atoms with Gasteiger partial charge in [0.15, 0.2) is 0 Å². The molecule has 1 aromatic heterocycles. The van der Waals surface area contributed by atoms with E-state index in [1.54, 1.807) is 25.5 Å². The number of methoxy groups -OCH3 is 1. The summed E-state index contributed by atoms with van der Waals surface area (Å²) in [6, 6.07) is 24.8. The molecule has 144 valence electrons. The molecular formula is C23H19N3O2S. The van der Waals surface area contributed by atoms with Gasteiger partial charge in [0.1, 0.15) is 11.5 Å². The summed E-state index contributed by atoms with van der Waals surface area (Å²) in [6.45, 7) is 0. The minimum atomic E-state index is 0.225. The first-order valence-corrected chi connectivity index (χ1v) is 9.89. The van der Waals surface area contributed by atoms with E-state index in [9.17, 15) is 5.11 Å². The summed E-state index contributed by atoms with van der Waals surface area (Å²) in [6.07, 6.45) is 1.70. The van der Waals surface area contributed by atoms with Gasteiger partial charge in [0, 0.05) is 16.6 Å². The van der Waals surface area contributed by atoms with Crippen molar-refractivity contribution in [1.82, 2.24) is 4.57 Å². The molecule has 0 bridgehead atoms. The van der Waals surface area contributed by atoms with E-state index in [-0.39, 0.29) is 5.75 Å². The van der Waals surface area contributed by atoms with Crippen molar-refractivity contribution in [3.63, 3.8) is 0 Å². The molecule has 1 heterocycles. The molecular weight excluding hydrogens is 382 g/mol. The van der Waals surface area contributed by atoms with Gasteiger partial charge >= 0.3 is 0 Å². The van der Waals surface area contributed by atoms with Crippen LogP contribution >= 0.6 is 11.3 Å². The zero-order valence-corrected chi connectivity index (χ0v) is 16.6.